The molecule has 1 N–H and O–H groups in total. The largest absolute Gasteiger partial charge is 0.458 e. The molecule has 0 spiro atoms. The summed E-state index contributed by atoms with van der Waals surface area (Å²) in [6.07, 6.45) is -0.0885. The molecule has 0 saturated carbocycles. The van der Waals surface area contributed by atoms with Gasteiger partial charge in [0.15, 0.2) is 0 Å². The topological polar surface area (TPSA) is 64.6 Å². The number of hydrogen-bond acceptors (Lipinski definition) is 4. The zero-order valence-corrected chi connectivity index (χ0v) is 20.2. The van der Waals surface area contributed by atoms with Gasteiger partial charge in [-0.05, 0) is 59.2 Å². The first-order valence-corrected chi connectivity index (χ1v) is 13.4. The smallest absolute Gasteiger partial charge is 0.408 e. The van der Waals surface area contributed by atoms with Gasteiger partial charge in [-0.2, -0.15) is 0 Å². The summed E-state index contributed by atoms with van der Waals surface area (Å²) in [6, 6.07) is 7.20. The fraction of sp³-hybridized carbons (Fsp3) is 0.565. The lowest BCUT2D eigenvalue weighted by Crippen LogP contribution is -2.45. The summed E-state index contributed by atoms with van der Waals surface area (Å²) in [6.45, 7) is 17.2. The molecule has 0 fully saturated rings. The van der Waals surface area contributed by atoms with E-state index in [1.807, 2.05) is 38.1 Å². The lowest BCUT2D eigenvalue weighted by molar-refractivity contribution is -0.158. The average Bonchev–Trinajstić information content (AvgIpc) is 2.50. The molecule has 1 aromatic carbocycles. The predicted molar refractivity (Wildman–Crippen MR) is 119 cm³/mol. The van der Waals surface area contributed by atoms with Gasteiger partial charge >= 0.3 is 12.1 Å². The summed E-state index contributed by atoms with van der Waals surface area (Å²) < 4.78 is 10.8. The van der Waals surface area contributed by atoms with E-state index in [-0.39, 0.29) is 0 Å². The van der Waals surface area contributed by atoms with E-state index >= 15 is 0 Å². The minimum atomic E-state index is -1.40. The van der Waals surface area contributed by atoms with Gasteiger partial charge in [-0.3, -0.25) is 0 Å². The lowest BCUT2D eigenvalue weighted by atomic mass is 9.97. The summed E-state index contributed by atoms with van der Waals surface area (Å²) in [5.74, 6) is 2.73. The molecule has 0 aliphatic heterocycles. The number of esters is 1. The summed E-state index contributed by atoms with van der Waals surface area (Å²) >= 11 is 0. The first-order chi connectivity index (χ1) is 13.1. The van der Waals surface area contributed by atoms with Crippen LogP contribution in [0.4, 0.5) is 4.79 Å². The van der Waals surface area contributed by atoms with Crippen LogP contribution in [0.1, 0.15) is 52.7 Å². The van der Waals surface area contributed by atoms with E-state index in [2.05, 4.69) is 36.4 Å². The third kappa shape index (κ3) is 10.7. The van der Waals surface area contributed by atoms with Crippen LogP contribution in [0.5, 0.6) is 0 Å². The molecular weight excluding hydrogens is 382 g/mol. The minimum Gasteiger partial charge on any atom is -0.458 e. The molecular formula is C23H35NO4Si. The Labute approximate surface area is 176 Å². The number of alkyl carbamates (subject to hydrolysis) is 1. The number of carbonyl (C=O) groups excluding carboxylic acids is 2. The molecule has 1 atom stereocenters. The average molecular weight is 418 g/mol. The molecule has 6 heteroatoms. The van der Waals surface area contributed by atoms with Gasteiger partial charge in [-0.25, -0.2) is 9.59 Å². The van der Waals surface area contributed by atoms with E-state index < -0.39 is 37.4 Å². The maximum Gasteiger partial charge on any atom is 0.408 e. The van der Waals surface area contributed by atoms with E-state index in [1.54, 1.807) is 27.7 Å². The van der Waals surface area contributed by atoms with Gasteiger partial charge in [0, 0.05) is 12.0 Å². The Morgan fingerprint density at radius 2 is 1.59 bits per heavy atom. The quantitative estimate of drug-likeness (QED) is 0.429. The van der Waals surface area contributed by atoms with E-state index in [9.17, 15) is 9.59 Å². The van der Waals surface area contributed by atoms with Gasteiger partial charge in [0.05, 0.1) is 0 Å². The SMILES string of the molecule is C[C@H](NC(=O)OC(C)(C)C)C(=O)OC(C)(C)Cc1ccc(C#C[Si](C)(C)C)cc1. The van der Waals surface area contributed by atoms with Crippen LogP contribution in [-0.2, 0) is 20.7 Å². The molecule has 0 aliphatic rings. The Balaban J connectivity index is 2.66. The van der Waals surface area contributed by atoms with Crippen molar-refractivity contribution in [2.24, 2.45) is 0 Å². The zero-order chi connectivity index (χ0) is 22.5. The van der Waals surface area contributed by atoms with Crippen molar-refractivity contribution in [2.75, 3.05) is 0 Å². The molecule has 0 unspecified atom stereocenters. The fourth-order valence-electron chi connectivity index (χ4n) is 2.40. The van der Waals surface area contributed by atoms with Crippen molar-refractivity contribution in [1.82, 2.24) is 5.32 Å². The highest BCUT2D eigenvalue weighted by atomic mass is 28.3. The van der Waals surface area contributed by atoms with Gasteiger partial charge in [0.2, 0.25) is 0 Å². The Kier molecular flexibility index (Phi) is 8.11. The van der Waals surface area contributed by atoms with Crippen molar-refractivity contribution >= 4 is 20.1 Å². The number of ether oxygens (including phenoxy) is 2. The predicted octanol–water partition coefficient (Wildman–Crippen LogP) is 4.69. The van der Waals surface area contributed by atoms with Gasteiger partial charge < -0.3 is 14.8 Å². The molecule has 160 valence electrons. The highest BCUT2D eigenvalue weighted by molar-refractivity contribution is 6.83. The molecule has 5 nitrogen and oxygen atoms in total. The van der Waals surface area contributed by atoms with Crippen LogP contribution in [0.25, 0.3) is 0 Å². The highest BCUT2D eigenvalue weighted by Crippen LogP contribution is 2.19. The summed E-state index contributed by atoms with van der Waals surface area (Å²) in [5, 5.41) is 2.51. The van der Waals surface area contributed by atoms with Crippen LogP contribution < -0.4 is 5.32 Å². The molecule has 0 radical (unpaired) electrons. The first-order valence-electron chi connectivity index (χ1n) is 9.91. The lowest BCUT2D eigenvalue weighted by Gasteiger charge is -2.28. The number of nitrogens with one attached hydrogen (secondary N) is 1. The van der Waals surface area contributed by atoms with Gasteiger partial charge in [0.1, 0.15) is 25.3 Å². The maximum absolute atomic E-state index is 12.4. The van der Waals surface area contributed by atoms with Crippen LogP contribution in [-0.4, -0.2) is 37.4 Å². The molecule has 1 amide bonds. The van der Waals surface area contributed by atoms with E-state index in [1.165, 1.54) is 0 Å². The van der Waals surface area contributed by atoms with E-state index in [0.29, 0.717) is 6.42 Å². The zero-order valence-electron chi connectivity index (χ0n) is 19.2. The summed E-state index contributed by atoms with van der Waals surface area (Å²) in [7, 11) is -1.40. The van der Waals surface area contributed by atoms with E-state index in [4.69, 9.17) is 9.47 Å². The number of carbonyl (C=O) groups is 2. The molecule has 0 heterocycles. The van der Waals surface area contributed by atoms with Gasteiger partial charge in [-0.15, -0.1) is 5.54 Å². The molecule has 0 aromatic heterocycles. The van der Waals surface area contributed by atoms with E-state index in [0.717, 1.165) is 11.1 Å². The molecule has 0 aliphatic carbocycles. The Morgan fingerprint density at radius 1 is 1.03 bits per heavy atom. The summed E-state index contributed by atoms with van der Waals surface area (Å²) in [4.78, 5) is 24.2. The van der Waals surface area contributed by atoms with Crippen molar-refractivity contribution in [1.29, 1.82) is 0 Å². The second kappa shape index (κ2) is 9.49. The maximum atomic E-state index is 12.4. The molecule has 0 saturated heterocycles. The standard InChI is InChI=1S/C23H35NO4Si/c1-17(24-21(26)28-22(2,3)4)20(25)27-23(5,6)16-19-12-10-18(11-13-19)14-15-29(7,8)9/h10-13,17H,16H2,1-9H3,(H,24,26)/t17-/m0/s1. The second-order valence-corrected chi connectivity index (χ2v) is 14.7. The monoisotopic (exact) mass is 417 g/mol. The molecule has 1 rings (SSSR count). The minimum absolute atomic E-state index is 0.501. The fourth-order valence-corrected chi connectivity index (χ4v) is 2.92. The van der Waals surface area contributed by atoms with Crippen LogP contribution in [0, 0.1) is 11.5 Å². The molecule has 29 heavy (non-hydrogen) atoms. The summed E-state index contributed by atoms with van der Waals surface area (Å²) in [5.41, 5.74) is 4.04. The van der Waals surface area contributed by atoms with Crippen molar-refractivity contribution in [3.05, 3.63) is 35.4 Å². The Hall–Kier alpha value is -2.26. The van der Waals surface area contributed by atoms with Crippen molar-refractivity contribution in [2.45, 2.75) is 84.8 Å². The van der Waals surface area contributed by atoms with Gasteiger partial charge in [-0.1, -0.05) is 37.7 Å². The van der Waals surface area contributed by atoms with Gasteiger partial charge in [0.25, 0.3) is 0 Å². The highest BCUT2D eigenvalue weighted by Gasteiger charge is 2.28. The van der Waals surface area contributed by atoms with Crippen molar-refractivity contribution in [3.63, 3.8) is 0 Å². The van der Waals surface area contributed by atoms with Crippen LogP contribution in [0.2, 0.25) is 19.6 Å². The van der Waals surface area contributed by atoms with Crippen LogP contribution in [0.15, 0.2) is 24.3 Å². The number of hydrogen-bond donors (Lipinski definition) is 1. The van der Waals surface area contributed by atoms with Crippen LogP contribution >= 0.6 is 0 Å². The number of benzene rings is 1. The third-order valence-electron chi connectivity index (χ3n) is 3.63. The number of rotatable bonds is 5. The molecule has 1 aromatic rings. The third-order valence-corrected chi connectivity index (χ3v) is 4.50. The number of amides is 1. The van der Waals surface area contributed by atoms with Crippen LogP contribution in [0.3, 0.4) is 0 Å². The molecule has 0 bridgehead atoms. The Morgan fingerprint density at radius 3 is 2.07 bits per heavy atom. The first kappa shape index (κ1) is 24.8. The van der Waals surface area contributed by atoms with Crippen molar-refractivity contribution < 1.29 is 19.1 Å². The normalized spacial score (nSPS) is 13.0. The second-order valence-electron chi connectivity index (χ2n) is 9.92. The Bertz CT molecular complexity index is 774. The van der Waals surface area contributed by atoms with Crippen molar-refractivity contribution in [3.8, 4) is 11.5 Å².